The number of nitrogens with one attached hydrogen (secondary N) is 1. The lowest BCUT2D eigenvalue weighted by atomic mass is 9.87. The van der Waals surface area contributed by atoms with Crippen LogP contribution in [0.15, 0.2) is 42.5 Å². The van der Waals surface area contributed by atoms with E-state index >= 15 is 0 Å². The molecule has 10 nitrogen and oxygen atoms in total. The normalized spacial score (nSPS) is 19.6. The van der Waals surface area contributed by atoms with Gasteiger partial charge in [-0.3, -0.25) is 10.0 Å². The maximum atomic E-state index is 13.6. The first-order valence-electron chi connectivity index (χ1n) is 12.9. The van der Waals surface area contributed by atoms with Gasteiger partial charge in [-0.2, -0.15) is 0 Å². The molecule has 2 fully saturated rings. The molecule has 1 amide bonds. The topological polar surface area (TPSA) is 146 Å². The molecule has 4 rings (SSSR count). The van der Waals surface area contributed by atoms with Crippen molar-refractivity contribution in [2.75, 3.05) is 39.5 Å². The van der Waals surface area contributed by atoms with Crippen molar-refractivity contribution in [2.45, 2.75) is 49.4 Å². The number of hydrogen-bond acceptors (Lipinski definition) is 8. The summed E-state index contributed by atoms with van der Waals surface area (Å²) in [7, 11) is -3.99. The SMILES string of the molecule is Cc1cc(C2CCN(S(=O)(=O)C3(C(=O)NO)CCOCC3)CC2)ccc1-c1cccc(OC[C@H](O)CO)c1. The second-order valence-electron chi connectivity index (χ2n) is 9.98. The number of carbonyl (C=O) groups excluding carboxylic acids is 1. The van der Waals surface area contributed by atoms with Gasteiger partial charge in [-0.25, -0.2) is 18.2 Å². The average molecular weight is 549 g/mol. The van der Waals surface area contributed by atoms with E-state index in [9.17, 15) is 23.5 Å². The van der Waals surface area contributed by atoms with Crippen LogP contribution in [0.5, 0.6) is 5.75 Å². The Morgan fingerprint density at radius 2 is 1.89 bits per heavy atom. The predicted octanol–water partition coefficient (Wildman–Crippen LogP) is 1.96. The van der Waals surface area contributed by atoms with Gasteiger partial charge in [0.1, 0.15) is 18.5 Å². The largest absolute Gasteiger partial charge is 0.491 e. The molecule has 0 spiro atoms. The summed E-state index contributed by atoms with van der Waals surface area (Å²) < 4.78 is 37.7. The summed E-state index contributed by atoms with van der Waals surface area (Å²) in [6, 6.07) is 13.8. The van der Waals surface area contributed by atoms with Crippen LogP contribution in [-0.4, -0.2) is 84.4 Å². The maximum absolute atomic E-state index is 13.6. The second kappa shape index (κ2) is 12.1. The first-order chi connectivity index (χ1) is 18.2. The lowest BCUT2D eigenvalue weighted by Gasteiger charge is -2.40. The van der Waals surface area contributed by atoms with Crippen molar-refractivity contribution in [1.29, 1.82) is 0 Å². The Kier molecular flexibility index (Phi) is 9.07. The molecule has 0 aromatic heterocycles. The summed E-state index contributed by atoms with van der Waals surface area (Å²) in [5.74, 6) is -0.112. The van der Waals surface area contributed by atoms with Crippen LogP contribution in [0.2, 0.25) is 0 Å². The van der Waals surface area contributed by atoms with Gasteiger partial charge in [-0.1, -0.05) is 30.3 Å². The van der Waals surface area contributed by atoms with Crippen molar-refractivity contribution >= 4 is 15.9 Å². The molecule has 0 aliphatic carbocycles. The Bertz CT molecular complexity index is 1220. The molecule has 2 aliphatic rings. The zero-order chi connectivity index (χ0) is 27.3. The van der Waals surface area contributed by atoms with Crippen LogP contribution < -0.4 is 10.2 Å². The van der Waals surface area contributed by atoms with E-state index in [0.29, 0.717) is 31.7 Å². The molecule has 1 atom stereocenters. The van der Waals surface area contributed by atoms with E-state index in [1.54, 1.807) is 11.5 Å². The molecule has 38 heavy (non-hydrogen) atoms. The molecule has 0 saturated carbocycles. The Labute approximate surface area is 223 Å². The minimum absolute atomic E-state index is 0.00581. The highest BCUT2D eigenvalue weighted by atomic mass is 32.2. The number of nitrogens with zero attached hydrogens (tertiary/aromatic N) is 1. The van der Waals surface area contributed by atoms with Crippen LogP contribution in [0.3, 0.4) is 0 Å². The second-order valence-corrected chi connectivity index (χ2v) is 12.2. The number of amides is 1. The van der Waals surface area contributed by atoms with Gasteiger partial charge in [0, 0.05) is 39.1 Å². The highest BCUT2D eigenvalue weighted by molar-refractivity contribution is 7.91. The summed E-state index contributed by atoms with van der Waals surface area (Å²) in [6.45, 7) is 2.57. The van der Waals surface area contributed by atoms with Crippen LogP contribution >= 0.6 is 0 Å². The van der Waals surface area contributed by atoms with Crippen LogP contribution in [-0.2, 0) is 19.6 Å². The van der Waals surface area contributed by atoms with Crippen LogP contribution in [0.1, 0.15) is 42.7 Å². The van der Waals surface area contributed by atoms with Crippen molar-refractivity contribution in [3.8, 4) is 16.9 Å². The first-order valence-corrected chi connectivity index (χ1v) is 14.3. The van der Waals surface area contributed by atoms with Crippen molar-refractivity contribution < 1.29 is 38.1 Å². The average Bonchev–Trinajstić information content (AvgIpc) is 2.95. The minimum Gasteiger partial charge on any atom is -0.491 e. The number of aryl methyl sites for hydroxylation is 1. The number of sulfonamides is 1. The quantitative estimate of drug-likeness (QED) is 0.275. The molecule has 4 N–H and O–H groups in total. The maximum Gasteiger partial charge on any atom is 0.266 e. The Morgan fingerprint density at radius 1 is 1.18 bits per heavy atom. The number of aliphatic hydroxyl groups is 2. The fourth-order valence-electron chi connectivity index (χ4n) is 5.35. The van der Waals surface area contributed by atoms with Gasteiger partial charge in [-0.05, 0) is 60.1 Å². The highest BCUT2D eigenvalue weighted by Crippen LogP contribution is 2.38. The molecule has 2 aliphatic heterocycles. The molecular formula is C27H36N2O8S. The van der Waals surface area contributed by atoms with Gasteiger partial charge in [0.25, 0.3) is 5.91 Å². The van der Waals surface area contributed by atoms with E-state index in [2.05, 4.69) is 18.2 Å². The number of ether oxygens (including phenoxy) is 2. The van der Waals surface area contributed by atoms with Gasteiger partial charge >= 0.3 is 0 Å². The Morgan fingerprint density at radius 3 is 2.53 bits per heavy atom. The summed E-state index contributed by atoms with van der Waals surface area (Å²) >= 11 is 0. The summed E-state index contributed by atoms with van der Waals surface area (Å²) in [6.07, 6.45) is 0.340. The van der Waals surface area contributed by atoms with E-state index < -0.39 is 26.8 Å². The third-order valence-corrected chi connectivity index (χ3v) is 10.2. The minimum atomic E-state index is -3.99. The zero-order valence-corrected chi connectivity index (χ0v) is 22.3. The van der Waals surface area contributed by atoms with Gasteiger partial charge in [0.15, 0.2) is 4.75 Å². The lowest BCUT2D eigenvalue weighted by molar-refractivity contribution is -0.134. The third kappa shape index (κ3) is 5.73. The number of piperidine rings is 1. The zero-order valence-electron chi connectivity index (χ0n) is 21.5. The van der Waals surface area contributed by atoms with E-state index in [-0.39, 0.29) is 45.2 Å². The van der Waals surface area contributed by atoms with Crippen LogP contribution in [0.25, 0.3) is 11.1 Å². The number of benzene rings is 2. The summed E-state index contributed by atoms with van der Waals surface area (Å²) in [5.41, 5.74) is 5.79. The van der Waals surface area contributed by atoms with Gasteiger partial charge in [0.2, 0.25) is 10.0 Å². The fourth-order valence-corrected chi connectivity index (χ4v) is 7.49. The standard InChI is InChI=1S/C27H36N2O8S/c1-19-15-21(5-6-25(19)22-3-2-4-24(16-22)37-18-23(31)17-30)20-7-11-29(12-8-20)38(34,35)27(26(32)28-33)9-13-36-14-10-27/h2-6,15-16,20,23,30-31,33H,7-14,17-18H2,1H3,(H,28,32)/t23-/m1/s1. The highest BCUT2D eigenvalue weighted by Gasteiger charge is 2.54. The molecule has 0 bridgehead atoms. The molecule has 11 heteroatoms. The Balaban J connectivity index is 1.45. The summed E-state index contributed by atoms with van der Waals surface area (Å²) in [5, 5.41) is 27.8. The lowest BCUT2D eigenvalue weighted by Crippen LogP contribution is -2.60. The number of rotatable bonds is 9. The van der Waals surface area contributed by atoms with Crippen LogP contribution in [0.4, 0.5) is 0 Å². The molecule has 2 saturated heterocycles. The van der Waals surface area contributed by atoms with Crippen molar-refractivity contribution in [1.82, 2.24) is 9.79 Å². The van der Waals surface area contributed by atoms with Crippen molar-refractivity contribution in [3.63, 3.8) is 0 Å². The first kappa shape index (κ1) is 28.5. The summed E-state index contributed by atoms with van der Waals surface area (Å²) in [4.78, 5) is 12.5. The van der Waals surface area contributed by atoms with E-state index in [4.69, 9.17) is 14.6 Å². The number of hydrogen-bond donors (Lipinski definition) is 4. The third-order valence-electron chi connectivity index (χ3n) is 7.62. The molecular weight excluding hydrogens is 512 g/mol. The Hall–Kier alpha value is -2.54. The number of hydroxylamine groups is 1. The number of aliphatic hydroxyl groups excluding tert-OH is 2. The van der Waals surface area contributed by atoms with Crippen LogP contribution in [0, 0.1) is 6.92 Å². The molecule has 0 radical (unpaired) electrons. The number of carbonyl (C=O) groups is 1. The predicted molar refractivity (Wildman–Crippen MR) is 140 cm³/mol. The smallest absolute Gasteiger partial charge is 0.266 e. The van der Waals surface area contributed by atoms with E-state index in [1.807, 2.05) is 25.1 Å². The van der Waals surface area contributed by atoms with Gasteiger partial charge < -0.3 is 19.7 Å². The monoisotopic (exact) mass is 548 g/mol. The van der Waals surface area contributed by atoms with Crippen molar-refractivity contribution in [3.05, 3.63) is 53.6 Å². The van der Waals surface area contributed by atoms with Crippen molar-refractivity contribution in [2.24, 2.45) is 0 Å². The van der Waals surface area contributed by atoms with E-state index in [0.717, 1.165) is 22.3 Å². The molecule has 2 heterocycles. The van der Waals surface area contributed by atoms with Gasteiger partial charge in [-0.15, -0.1) is 0 Å². The fraction of sp³-hybridized carbons (Fsp3) is 0.519. The molecule has 2 aromatic rings. The molecule has 2 aromatic carbocycles. The molecule has 0 unspecified atom stereocenters. The van der Waals surface area contributed by atoms with E-state index in [1.165, 1.54) is 4.31 Å². The van der Waals surface area contributed by atoms with Gasteiger partial charge in [0.05, 0.1) is 6.61 Å². The molecule has 208 valence electrons.